The van der Waals surface area contributed by atoms with Gasteiger partial charge in [0, 0.05) is 32.6 Å². The number of hydrogen-bond donors (Lipinski definition) is 0. The number of rotatable bonds is 7. The summed E-state index contributed by atoms with van der Waals surface area (Å²) in [7, 11) is 2.75. The second-order valence-corrected chi connectivity index (χ2v) is 8.32. The van der Waals surface area contributed by atoms with Crippen LogP contribution in [0.4, 0.5) is 0 Å². The van der Waals surface area contributed by atoms with Crippen molar-refractivity contribution in [2.24, 2.45) is 0 Å². The Hall–Kier alpha value is 1.18. The van der Waals surface area contributed by atoms with Crippen LogP contribution >= 0.6 is 35.7 Å². The highest BCUT2D eigenvalue weighted by Gasteiger charge is 2.37. The summed E-state index contributed by atoms with van der Waals surface area (Å²) in [5, 5.41) is 0.863. The standard InChI is InChI=1S/C10H22O3SSi.HI/c1-11-15(12-2,13-3)9-5-7-10-6-4-8-14-10;/h10H,4-9H2,1-3H3;1H. The fourth-order valence-corrected chi connectivity index (χ4v) is 5.06. The van der Waals surface area contributed by atoms with Crippen LogP contribution in [-0.2, 0) is 13.3 Å². The van der Waals surface area contributed by atoms with Gasteiger partial charge in [0.25, 0.3) is 0 Å². The van der Waals surface area contributed by atoms with Crippen molar-refractivity contribution in [2.45, 2.75) is 37.0 Å². The van der Waals surface area contributed by atoms with Gasteiger partial charge in [0.1, 0.15) is 0 Å². The zero-order valence-electron chi connectivity index (χ0n) is 10.4. The highest BCUT2D eigenvalue weighted by Crippen LogP contribution is 2.31. The van der Waals surface area contributed by atoms with Gasteiger partial charge in [-0.15, -0.1) is 24.0 Å². The lowest BCUT2D eigenvalue weighted by Gasteiger charge is -2.24. The summed E-state index contributed by atoms with van der Waals surface area (Å²) < 4.78 is 16.2. The van der Waals surface area contributed by atoms with Gasteiger partial charge in [0.05, 0.1) is 0 Å². The molecule has 0 aromatic rings. The quantitative estimate of drug-likeness (QED) is 0.503. The molecule has 1 aliphatic heterocycles. The van der Waals surface area contributed by atoms with E-state index in [0.717, 1.165) is 17.7 Å². The molecule has 0 aromatic carbocycles. The van der Waals surface area contributed by atoms with Gasteiger partial charge in [-0.05, 0) is 31.4 Å². The van der Waals surface area contributed by atoms with Gasteiger partial charge in [-0.3, -0.25) is 0 Å². The maximum Gasteiger partial charge on any atom is 0.500 e. The monoisotopic (exact) mass is 378 g/mol. The summed E-state index contributed by atoms with van der Waals surface area (Å²) in [6.45, 7) is 0. The van der Waals surface area contributed by atoms with E-state index in [1.165, 1.54) is 25.0 Å². The molecule has 0 radical (unpaired) electrons. The highest BCUT2D eigenvalue weighted by atomic mass is 127. The molecule has 98 valence electrons. The molecule has 16 heavy (non-hydrogen) atoms. The average molecular weight is 378 g/mol. The minimum absolute atomic E-state index is 0. The Morgan fingerprint density at radius 1 is 1.19 bits per heavy atom. The zero-order chi connectivity index (χ0) is 11.1. The van der Waals surface area contributed by atoms with Crippen molar-refractivity contribution < 1.29 is 13.3 Å². The molecule has 0 aliphatic carbocycles. The summed E-state index contributed by atoms with van der Waals surface area (Å²) in [6.07, 6.45) is 5.19. The van der Waals surface area contributed by atoms with Gasteiger partial charge < -0.3 is 13.3 Å². The van der Waals surface area contributed by atoms with Gasteiger partial charge in [-0.25, -0.2) is 0 Å². The molecule has 1 aliphatic rings. The summed E-state index contributed by atoms with van der Waals surface area (Å²) in [5.41, 5.74) is 0. The van der Waals surface area contributed by atoms with Crippen molar-refractivity contribution in [1.82, 2.24) is 0 Å². The van der Waals surface area contributed by atoms with E-state index in [2.05, 4.69) is 11.8 Å². The molecule has 1 heterocycles. The Balaban J connectivity index is 0.00000225. The Morgan fingerprint density at radius 3 is 2.25 bits per heavy atom. The maximum absolute atomic E-state index is 5.39. The number of hydrogen-bond acceptors (Lipinski definition) is 4. The summed E-state index contributed by atoms with van der Waals surface area (Å²) in [5.74, 6) is 1.34. The van der Waals surface area contributed by atoms with Crippen molar-refractivity contribution in [3.8, 4) is 0 Å². The molecule has 1 fully saturated rings. The Morgan fingerprint density at radius 2 is 1.81 bits per heavy atom. The first-order valence-corrected chi connectivity index (χ1v) is 8.51. The molecule has 6 heteroatoms. The van der Waals surface area contributed by atoms with Crippen molar-refractivity contribution in [2.75, 3.05) is 27.1 Å². The molecular weight excluding hydrogens is 355 g/mol. The number of thioether (sulfide) groups is 1. The van der Waals surface area contributed by atoms with Crippen LogP contribution in [0.1, 0.15) is 25.7 Å². The first-order chi connectivity index (χ1) is 7.26. The van der Waals surface area contributed by atoms with E-state index in [0.29, 0.717) is 0 Å². The lowest BCUT2D eigenvalue weighted by molar-refractivity contribution is 0.123. The van der Waals surface area contributed by atoms with E-state index in [1.54, 1.807) is 21.3 Å². The number of halogens is 1. The first kappa shape index (κ1) is 17.2. The van der Waals surface area contributed by atoms with Crippen molar-refractivity contribution in [1.29, 1.82) is 0 Å². The largest absolute Gasteiger partial charge is 0.500 e. The van der Waals surface area contributed by atoms with Crippen LogP contribution in [-0.4, -0.2) is 41.1 Å². The van der Waals surface area contributed by atoms with Crippen LogP contribution < -0.4 is 0 Å². The fourth-order valence-electron chi connectivity index (χ4n) is 1.97. The topological polar surface area (TPSA) is 27.7 Å². The van der Waals surface area contributed by atoms with Crippen LogP contribution in [0.5, 0.6) is 0 Å². The third kappa shape index (κ3) is 5.22. The molecule has 1 rings (SSSR count). The summed E-state index contributed by atoms with van der Waals surface area (Å²) in [6, 6.07) is 0.938. The molecular formula is C10H23IO3SSi. The van der Waals surface area contributed by atoms with E-state index in [-0.39, 0.29) is 24.0 Å². The fraction of sp³-hybridized carbons (Fsp3) is 1.00. The smallest absolute Gasteiger partial charge is 0.377 e. The van der Waals surface area contributed by atoms with Crippen molar-refractivity contribution in [3.63, 3.8) is 0 Å². The minimum atomic E-state index is -2.30. The van der Waals surface area contributed by atoms with E-state index in [9.17, 15) is 0 Å². The highest BCUT2D eigenvalue weighted by molar-refractivity contribution is 14.0. The summed E-state index contributed by atoms with van der Waals surface area (Å²) >= 11 is 2.11. The SMILES string of the molecule is CO[Si](CCCC1CCCS1)(OC)OC.I. The molecule has 1 unspecified atom stereocenters. The van der Waals surface area contributed by atoms with Gasteiger partial charge in [0.2, 0.25) is 0 Å². The molecule has 0 aromatic heterocycles. The van der Waals surface area contributed by atoms with Crippen LogP contribution in [0.15, 0.2) is 0 Å². The molecule has 3 nitrogen and oxygen atoms in total. The van der Waals surface area contributed by atoms with Crippen LogP contribution in [0.25, 0.3) is 0 Å². The van der Waals surface area contributed by atoms with Crippen LogP contribution in [0, 0.1) is 0 Å². The van der Waals surface area contributed by atoms with E-state index >= 15 is 0 Å². The first-order valence-electron chi connectivity index (χ1n) is 5.53. The molecule has 1 atom stereocenters. The Kier molecular flexibility index (Phi) is 9.83. The van der Waals surface area contributed by atoms with Gasteiger partial charge in [-0.1, -0.05) is 0 Å². The van der Waals surface area contributed by atoms with E-state index in [4.69, 9.17) is 13.3 Å². The Labute approximate surface area is 121 Å². The molecule has 0 N–H and O–H groups in total. The molecule has 0 spiro atoms. The second kappa shape index (κ2) is 9.15. The van der Waals surface area contributed by atoms with Crippen molar-refractivity contribution in [3.05, 3.63) is 0 Å². The predicted molar refractivity (Wildman–Crippen MR) is 81.7 cm³/mol. The normalized spacial score (nSPS) is 20.8. The molecule has 1 saturated heterocycles. The molecule has 0 bridgehead atoms. The molecule has 0 amide bonds. The van der Waals surface area contributed by atoms with Gasteiger partial charge in [-0.2, -0.15) is 11.8 Å². The predicted octanol–water partition coefficient (Wildman–Crippen LogP) is 3.16. The van der Waals surface area contributed by atoms with Crippen molar-refractivity contribution >= 4 is 44.5 Å². The van der Waals surface area contributed by atoms with Crippen LogP contribution in [0.3, 0.4) is 0 Å². The van der Waals surface area contributed by atoms with Gasteiger partial charge in [0.15, 0.2) is 0 Å². The summed E-state index contributed by atoms with van der Waals surface area (Å²) in [4.78, 5) is 0. The third-order valence-corrected chi connectivity index (χ3v) is 7.27. The zero-order valence-corrected chi connectivity index (χ0v) is 14.5. The second-order valence-electron chi connectivity index (χ2n) is 3.82. The van der Waals surface area contributed by atoms with Crippen LogP contribution in [0.2, 0.25) is 6.04 Å². The average Bonchev–Trinajstić information content (AvgIpc) is 2.78. The van der Waals surface area contributed by atoms with E-state index < -0.39 is 8.80 Å². The van der Waals surface area contributed by atoms with Gasteiger partial charge >= 0.3 is 8.80 Å². The van der Waals surface area contributed by atoms with E-state index in [1.807, 2.05) is 0 Å². The maximum atomic E-state index is 5.39. The third-order valence-electron chi connectivity index (χ3n) is 2.97. The Bertz CT molecular complexity index is 167. The molecule has 0 saturated carbocycles. The minimum Gasteiger partial charge on any atom is -0.377 e. The lowest BCUT2D eigenvalue weighted by atomic mass is 10.2. The lowest BCUT2D eigenvalue weighted by Crippen LogP contribution is -2.42.